The fourth-order valence-electron chi connectivity index (χ4n) is 3.66. The molecule has 0 radical (unpaired) electrons. The van der Waals surface area contributed by atoms with E-state index < -0.39 is 51.5 Å². The van der Waals surface area contributed by atoms with Crippen LogP contribution >= 0.6 is 0 Å². The second kappa shape index (κ2) is 5.60. The Kier molecular flexibility index (Phi) is 3.98. The van der Waals surface area contributed by atoms with Gasteiger partial charge in [-0.3, -0.25) is 14.6 Å². The van der Waals surface area contributed by atoms with Gasteiger partial charge in [0.05, 0.1) is 12.3 Å². The van der Waals surface area contributed by atoms with Crippen LogP contribution in [-0.2, 0) is 28.6 Å². The normalized spacial score (nSPS) is 27.8. The maximum absolute atomic E-state index is 12.5. The highest BCUT2D eigenvalue weighted by atomic mass is 32.2. The molecule has 0 spiro atoms. The van der Waals surface area contributed by atoms with Crippen molar-refractivity contribution in [1.29, 1.82) is 0 Å². The molecule has 26 heavy (non-hydrogen) atoms. The van der Waals surface area contributed by atoms with Crippen LogP contribution < -0.4 is 0 Å². The van der Waals surface area contributed by atoms with E-state index in [4.69, 9.17) is 8.92 Å². The Hall–Kier alpha value is -2.30. The first kappa shape index (κ1) is 18.5. The third-order valence-electron chi connectivity index (χ3n) is 4.40. The zero-order valence-electron chi connectivity index (χ0n) is 14.8. The highest BCUT2D eigenvalue weighted by molar-refractivity contribution is 7.86. The van der Waals surface area contributed by atoms with Gasteiger partial charge >= 0.3 is 22.2 Å². The molecule has 2 amide bonds. The molecule has 0 aromatic heterocycles. The van der Waals surface area contributed by atoms with Crippen molar-refractivity contribution in [2.24, 2.45) is 5.92 Å². The minimum absolute atomic E-state index is 0.00104. The largest absolute Gasteiger partial charge is 0.476 e. The Balaban J connectivity index is 1.91. The zero-order chi connectivity index (χ0) is 19.6. The minimum atomic E-state index is -3.96. The summed E-state index contributed by atoms with van der Waals surface area (Å²) in [5.74, 6) is -2.66. The van der Waals surface area contributed by atoms with Crippen LogP contribution in [0.1, 0.15) is 27.2 Å². The van der Waals surface area contributed by atoms with Crippen molar-refractivity contribution in [3.8, 4) is 0 Å². The SMILES string of the molecule is CC(C)(C)OC(=O)N1C[C@H]2CC(OS(C)(=O)=O)=C(C(=O)O)N3C(=O)[C@@H]1[C@@H]23. The number of allylic oxidation sites excluding steroid dienone is 1. The van der Waals surface area contributed by atoms with Crippen LogP contribution in [0.3, 0.4) is 0 Å². The number of carboxylic acids is 1. The summed E-state index contributed by atoms with van der Waals surface area (Å²) < 4.78 is 33.0. The number of carbonyl (C=O) groups is 3. The van der Waals surface area contributed by atoms with Gasteiger partial charge in [0, 0.05) is 18.9 Å². The number of aliphatic carboxylic acids is 1. The minimum Gasteiger partial charge on any atom is -0.476 e. The Bertz CT molecular complexity index is 825. The number of likely N-dealkylation sites (tertiary alicyclic amines) is 1. The van der Waals surface area contributed by atoms with E-state index in [1.807, 2.05) is 0 Å². The van der Waals surface area contributed by atoms with E-state index >= 15 is 0 Å². The van der Waals surface area contributed by atoms with E-state index in [1.54, 1.807) is 20.8 Å². The summed E-state index contributed by atoms with van der Waals surface area (Å²) in [5.41, 5.74) is -1.23. The van der Waals surface area contributed by atoms with E-state index in [0.717, 1.165) is 11.2 Å². The van der Waals surface area contributed by atoms with Gasteiger partial charge in [-0.15, -0.1) is 0 Å². The summed E-state index contributed by atoms with van der Waals surface area (Å²) in [4.78, 5) is 38.8. The van der Waals surface area contributed by atoms with E-state index in [2.05, 4.69) is 0 Å². The fourth-order valence-corrected chi connectivity index (χ4v) is 4.17. The molecule has 0 aromatic carbocycles. The first-order valence-electron chi connectivity index (χ1n) is 7.99. The molecule has 0 bridgehead atoms. The lowest BCUT2D eigenvalue weighted by Crippen LogP contribution is -2.69. The molecule has 10 nitrogen and oxygen atoms in total. The van der Waals surface area contributed by atoms with Gasteiger partial charge in [-0.1, -0.05) is 0 Å². The fraction of sp³-hybridized carbons (Fsp3) is 0.667. The van der Waals surface area contributed by atoms with Gasteiger partial charge in [0.25, 0.3) is 5.91 Å². The number of β-lactam (4-membered cyclic amide) rings is 1. The monoisotopic (exact) mass is 388 g/mol. The number of amides is 2. The van der Waals surface area contributed by atoms with E-state index in [1.165, 1.54) is 4.90 Å². The van der Waals surface area contributed by atoms with Crippen molar-refractivity contribution in [1.82, 2.24) is 9.80 Å². The summed E-state index contributed by atoms with van der Waals surface area (Å²) in [6.07, 6.45) is 0.139. The van der Waals surface area contributed by atoms with Crippen molar-refractivity contribution in [2.75, 3.05) is 12.8 Å². The Morgan fingerprint density at radius 1 is 1.27 bits per heavy atom. The molecule has 2 fully saturated rings. The second-order valence-electron chi connectivity index (χ2n) is 7.60. The van der Waals surface area contributed by atoms with E-state index in [-0.39, 0.29) is 24.6 Å². The van der Waals surface area contributed by atoms with Crippen LogP contribution in [0, 0.1) is 5.92 Å². The molecule has 2 saturated heterocycles. The molecule has 1 N–H and O–H groups in total. The van der Waals surface area contributed by atoms with Gasteiger partial charge in [-0.25, -0.2) is 9.59 Å². The highest BCUT2D eigenvalue weighted by Crippen LogP contribution is 2.47. The molecule has 0 aliphatic carbocycles. The van der Waals surface area contributed by atoms with Gasteiger partial charge < -0.3 is 14.0 Å². The van der Waals surface area contributed by atoms with E-state index in [0.29, 0.717) is 0 Å². The third kappa shape index (κ3) is 3.00. The van der Waals surface area contributed by atoms with Gasteiger partial charge in [-0.2, -0.15) is 8.42 Å². The molecule has 0 unspecified atom stereocenters. The van der Waals surface area contributed by atoms with Crippen molar-refractivity contribution in [2.45, 2.75) is 44.9 Å². The number of carbonyl (C=O) groups excluding carboxylic acids is 2. The summed E-state index contributed by atoms with van der Waals surface area (Å²) in [6.45, 7) is 5.25. The first-order chi connectivity index (χ1) is 11.8. The molecule has 3 aliphatic rings. The van der Waals surface area contributed by atoms with Crippen LogP contribution in [0.15, 0.2) is 11.5 Å². The number of rotatable bonds is 3. The molecular formula is C15H20N2O8S. The quantitative estimate of drug-likeness (QED) is 0.532. The number of hydrogen-bond donors (Lipinski definition) is 1. The average Bonchev–Trinajstić information content (AvgIpc) is 2.78. The standard InChI is InChI=1S/C15H20N2O8S/c1-15(2,3)24-14(21)16-6-7-5-8(25-26(4,22)23)10(13(19)20)17-9(7)11(16)12(17)18/h7,9,11H,5-6H2,1-4H3,(H,19,20)/t7-,9-,11+/m1/s1. The Morgan fingerprint density at radius 2 is 1.88 bits per heavy atom. The second-order valence-corrected chi connectivity index (χ2v) is 9.18. The third-order valence-corrected chi connectivity index (χ3v) is 4.90. The number of nitrogens with zero attached hydrogens (tertiary/aromatic N) is 2. The molecular weight excluding hydrogens is 368 g/mol. The van der Waals surface area contributed by atoms with Crippen LogP contribution in [0.4, 0.5) is 4.79 Å². The lowest BCUT2D eigenvalue weighted by Gasteiger charge is -2.49. The molecule has 3 aliphatic heterocycles. The predicted molar refractivity (Wildman–Crippen MR) is 86.1 cm³/mol. The van der Waals surface area contributed by atoms with Crippen LogP contribution in [0.25, 0.3) is 0 Å². The van der Waals surface area contributed by atoms with Gasteiger partial charge in [0.15, 0.2) is 11.5 Å². The molecule has 3 heterocycles. The van der Waals surface area contributed by atoms with Gasteiger partial charge in [0.2, 0.25) is 0 Å². The summed E-state index contributed by atoms with van der Waals surface area (Å²) >= 11 is 0. The van der Waals surface area contributed by atoms with E-state index in [9.17, 15) is 27.9 Å². The van der Waals surface area contributed by atoms with Crippen molar-refractivity contribution in [3.63, 3.8) is 0 Å². The molecule has 11 heteroatoms. The topological polar surface area (TPSA) is 131 Å². The highest BCUT2D eigenvalue weighted by Gasteiger charge is 2.65. The molecule has 3 atom stereocenters. The molecule has 0 aromatic rings. The van der Waals surface area contributed by atoms with Gasteiger partial charge in [0.1, 0.15) is 11.6 Å². The summed E-state index contributed by atoms with van der Waals surface area (Å²) in [5, 5.41) is 9.43. The molecule has 0 saturated carbocycles. The maximum Gasteiger partial charge on any atom is 0.411 e. The summed E-state index contributed by atoms with van der Waals surface area (Å²) in [6, 6.07) is -1.32. The van der Waals surface area contributed by atoms with Crippen LogP contribution in [-0.4, -0.2) is 71.8 Å². The Morgan fingerprint density at radius 3 is 2.38 bits per heavy atom. The molecule has 144 valence electrons. The number of carboxylic acid groups (broad SMARTS) is 1. The van der Waals surface area contributed by atoms with Crippen LogP contribution in [0.5, 0.6) is 0 Å². The summed E-state index contributed by atoms with van der Waals surface area (Å²) in [7, 11) is -3.96. The predicted octanol–water partition coefficient (Wildman–Crippen LogP) is 0.109. The maximum atomic E-state index is 12.5. The average molecular weight is 388 g/mol. The van der Waals surface area contributed by atoms with Crippen molar-refractivity contribution >= 4 is 28.1 Å². The smallest absolute Gasteiger partial charge is 0.411 e. The lowest BCUT2D eigenvalue weighted by atomic mass is 9.82. The Labute approximate surface area is 150 Å². The van der Waals surface area contributed by atoms with Crippen LogP contribution in [0.2, 0.25) is 0 Å². The number of hydrogen-bond acceptors (Lipinski definition) is 7. The van der Waals surface area contributed by atoms with Crippen molar-refractivity contribution < 1.29 is 36.8 Å². The van der Waals surface area contributed by atoms with Crippen molar-refractivity contribution in [3.05, 3.63) is 11.5 Å². The number of ether oxygens (including phenoxy) is 1. The van der Waals surface area contributed by atoms with Gasteiger partial charge in [-0.05, 0) is 20.8 Å². The lowest BCUT2D eigenvalue weighted by molar-refractivity contribution is -0.157. The zero-order valence-corrected chi connectivity index (χ0v) is 15.6. The first-order valence-corrected chi connectivity index (χ1v) is 9.80. The molecule has 3 rings (SSSR count).